The van der Waals surface area contributed by atoms with Gasteiger partial charge in [0.1, 0.15) is 5.65 Å². The van der Waals surface area contributed by atoms with E-state index in [0.717, 1.165) is 18.7 Å². The first kappa shape index (κ1) is 14.1. The second kappa shape index (κ2) is 7.29. The third-order valence-corrected chi connectivity index (χ3v) is 3.59. The Kier molecular flexibility index (Phi) is 5.40. The average Bonchev–Trinajstić information content (AvgIpc) is 2.78. The van der Waals surface area contributed by atoms with E-state index in [1.54, 1.807) is 0 Å². The molecule has 0 aliphatic carbocycles. The van der Waals surface area contributed by atoms with Gasteiger partial charge in [-0.05, 0) is 31.2 Å². The molecule has 3 nitrogen and oxygen atoms in total. The molecule has 0 radical (unpaired) electrons. The predicted octanol–water partition coefficient (Wildman–Crippen LogP) is 3.73. The molecule has 0 aliphatic rings. The molecule has 0 aliphatic heterocycles. The zero-order valence-corrected chi connectivity index (χ0v) is 12.2. The van der Waals surface area contributed by atoms with Gasteiger partial charge in [-0.15, -0.1) is 0 Å². The van der Waals surface area contributed by atoms with Gasteiger partial charge in [0.15, 0.2) is 0 Å². The maximum absolute atomic E-state index is 4.53. The van der Waals surface area contributed by atoms with Gasteiger partial charge >= 0.3 is 0 Å². The molecule has 0 bridgehead atoms. The highest BCUT2D eigenvalue weighted by Crippen LogP contribution is 2.20. The number of unbranched alkanes of at least 4 members (excludes halogenated alkanes) is 4. The lowest BCUT2D eigenvalue weighted by atomic mass is 10.1. The largest absolute Gasteiger partial charge is 0.332 e. The summed E-state index contributed by atoms with van der Waals surface area (Å²) in [6.07, 6.45) is 10.7. The van der Waals surface area contributed by atoms with Gasteiger partial charge in [0.2, 0.25) is 0 Å². The van der Waals surface area contributed by atoms with Crippen LogP contribution in [0.1, 0.15) is 44.6 Å². The number of rotatable bonds is 8. The van der Waals surface area contributed by atoms with Crippen LogP contribution in [0.15, 0.2) is 24.5 Å². The van der Waals surface area contributed by atoms with Crippen molar-refractivity contribution in [3.63, 3.8) is 0 Å². The number of nitrogens with one attached hydrogen (secondary N) is 1. The van der Waals surface area contributed by atoms with Crippen molar-refractivity contribution in [2.24, 2.45) is 0 Å². The maximum Gasteiger partial charge on any atom is 0.140 e. The first-order chi connectivity index (χ1) is 9.36. The monoisotopic (exact) mass is 259 g/mol. The van der Waals surface area contributed by atoms with Gasteiger partial charge in [-0.25, -0.2) is 4.98 Å². The van der Waals surface area contributed by atoms with E-state index in [1.165, 1.54) is 43.1 Å². The standard InChI is InChI=1S/C16H25N3/c1-3-4-5-6-7-11-19-13-14(12-17-2)15-9-8-10-18-16(15)19/h8-10,13,17H,3-7,11-12H2,1-2H3. The second-order valence-electron chi connectivity index (χ2n) is 5.17. The Hall–Kier alpha value is -1.35. The molecule has 2 aromatic rings. The summed E-state index contributed by atoms with van der Waals surface area (Å²) in [4.78, 5) is 4.53. The van der Waals surface area contributed by atoms with Crippen LogP contribution in [-0.2, 0) is 13.1 Å². The van der Waals surface area contributed by atoms with E-state index in [9.17, 15) is 0 Å². The van der Waals surface area contributed by atoms with Crippen molar-refractivity contribution in [1.29, 1.82) is 0 Å². The molecule has 1 N–H and O–H groups in total. The van der Waals surface area contributed by atoms with Crippen LogP contribution in [0.4, 0.5) is 0 Å². The molecule has 19 heavy (non-hydrogen) atoms. The second-order valence-corrected chi connectivity index (χ2v) is 5.17. The van der Waals surface area contributed by atoms with Crippen molar-refractivity contribution in [2.45, 2.75) is 52.1 Å². The van der Waals surface area contributed by atoms with Gasteiger partial charge in [0.05, 0.1) is 0 Å². The van der Waals surface area contributed by atoms with Crippen LogP contribution in [0.25, 0.3) is 11.0 Å². The van der Waals surface area contributed by atoms with E-state index >= 15 is 0 Å². The van der Waals surface area contributed by atoms with E-state index in [-0.39, 0.29) is 0 Å². The molecule has 0 atom stereocenters. The first-order valence-corrected chi connectivity index (χ1v) is 7.44. The molecule has 0 saturated heterocycles. The normalized spacial score (nSPS) is 11.3. The summed E-state index contributed by atoms with van der Waals surface area (Å²) < 4.78 is 2.31. The summed E-state index contributed by atoms with van der Waals surface area (Å²) in [6.45, 7) is 4.25. The van der Waals surface area contributed by atoms with Crippen LogP contribution < -0.4 is 5.32 Å². The topological polar surface area (TPSA) is 29.9 Å². The summed E-state index contributed by atoms with van der Waals surface area (Å²) in [7, 11) is 1.99. The highest BCUT2D eigenvalue weighted by atomic mass is 15.0. The molecule has 0 saturated carbocycles. The van der Waals surface area contributed by atoms with Crippen LogP contribution >= 0.6 is 0 Å². The minimum Gasteiger partial charge on any atom is -0.332 e. The van der Waals surface area contributed by atoms with Gasteiger partial charge in [-0.3, -0.25) is 0 Å². The van der Waals surface area contributed by atoms with E-state index < -0.39 is 0 Å². The summed E-state index contributed by atoms with van der Waals surface area (Å²) in [5.74, 6) is 0. The lowest BCUT2D eigenvalue weighted by molar-refractivity contribution is 0.574. The van der Waals surface area contributed by atoms with Crippen molar-refractivity contribution >= 4 is 11.0 Å². The smallest absolute Gasteiger partial charge is 0.140 e. The summed E-state index contributed by atoms with van der Waals surface area (Å²) >= 11 is 0. The molecule has 0 aromatic carbocycles. The SMILES string of the molecule is CCCCCCCn1cc(CNC)c2cccnc21. The van der Waals surface area contributed by atoms with Crippen molar-refractivity contribution in [1.82, 2.24) is 14.9 Å². The van der Waals surface area contributed by atoms with Crippen LogP contribution in [0.2, 0.25) is 0 Å². The lowest BCUT2D eigenvalue weighted by Crippen LogP contribution is -2.04. The summed E-state index contributed by atoms with van der Waals surface area (Å²) in [6, 6.07) is 4.19. The Morgan fingerprint density at radius 2 is 2.05 bits per heavy atom. The number of fused-ring (bicyclic) bond motifs is 1. The Bertz CT molecular complexity index is 502. The molecule has 0 fully saturated rings. The van der Waals surface area contributed by atoms with Gasteiger partial charge in [0, 0.05) is 30.9 Å². The van der Waals surface area contributed by atoms with Crippen molar-refractivity contribution in [2.75, 3.05) is 7.05 Å². The molecule has 0 amide bonds. The lowest BCUT2D eigenvalue weighted by Gasteiger charge is -2.04. The number of hydrogen-bond acceptors (Lipinski definition) is 2. The fraction of sp³-hybridized carbons (Fsp3) is 0.562. The van der Waals surface area contributed by atoms with Gasteiger partial charge < -0.3 is 9.88 Å². The summed E-state index contributed by atoms with van der Waals surface area (Å²) in [5, 5.41) is 4.52. The van der Waals surface area contributed by atoms with Crippen LogP contribution in [0, 0.1) is 0 Å². The molecule has 0 spiro atoms. The zero-order valence-electron chi connectivity index (χ0n) is 12.2. The van der Waals surface area contributed by atoms with Gasteiger partial charge in [-0.1, -0.05) is 32.6 Å². The number of aromatic nitrogens is 2. The molecule has 2 rings (SSSR count). The highest BCUT2D eigenvalue weighted by Gasteiger charge is 2.07. The van der Waals surface area contributed by atoms with E-state index in [1.807, 2.05) is 19.3 Å². The van der Waals surface area contributed by atoms with E-state index in [2.05, 4.69) is 34.1 Å². The molecule has 2 aromatic heterocycles. The minimum atomic E-state index is 0.908. The van der Waals surface area contributed by atoms with Crippen LogP contribution in [0.5, 0.6) is 0 Å². The fourth-order valence-corrected chi connectivity index (χ4v) is 2.58. The van der Waals surface area contributed by atoms with E-state index in [4.69, 9.17) is 0 Å². The number of hydrogen-bond donors (Lipinski definition) is 1. The maximum atomic E-state index is 4.53. The van der Waals surface area contributed by atoms with Crippen LogP contribution in [-0.4, -0.2) is 16.6 Å². The zero-order chi connectivity index (χ0) is 13.5. The Morgan fingerprint density at radius 3 is 2.84 bits per heavy atom. The molecule has 0 unspecified atom stereocenters. The molecule has 3 heteroatoms. The first-order valence-electron chi connectivity index (χ1n) is 7.44. The Balaban J connectivity index is 2.05. The minimum absolute atomic E-state index is 0.908. The van der Waals surface area contributed by atoms with E-state index in [0.29, 0.717) is 0 Å². The Labute approximate surface area is 116 Å². The van der Waals surface area contributed by atoms with Gasteiger partial charge in [-0.2, -0.15) is 0 Å². The third-order valence-electron chi connectivity index (χ3n) is 3.59. The highest BCUT2D eigenvalue weighted by molar-refractivity contribution is 5.80. The van der Waals surface area contributed by atoms with Crippen molar-refractivity contribution in [3.05, 3.63) is 30.1 Å². The van der Waals surface area contributed by atoms with Crippen LogP contribution in [0.3, 0.4) is 0 Å². The predicted molar refractivity (Wildman–Crippen MR) is 81.3 cm³/mol. The molecule has 104 valence electrons. The molecular formula is C16H25N3. The molecule has 2 heterocycles. The number of nitrogens with zero attached hydrogens (tertiary/aromatic N) is 2. The quantitative estimate of drug-likeness (QED) is 0.732. The summed E-state index contributed by atoms with van der Waals surface area (Å²) in [5.41, 5.74) is 2.47. The number of pyridine rings is 1. The van der Waals surface area contributed by atoms with Crippen molar-refractivity contribution in [3.8, 4) is 0 Å². The number of aryl methyl sites for hydroxylation is 1. The fourth-order valence-electron chi connectivity index (χ4n) is 2.58. The van der Waals surface area contributed by atoms with Gasteiger partial charge in [0.25, 0.3) is 0 Å². The Morgan fingerprint density at radius 1 is 1.21 bits per heavy atom. The third kappa shape index (κ3) is 3.57. The average molecular weight is 259 g/mol. The van der Waals surface area contributed by atoms with Crippen molar-refractivity contribution < 1.29 is 0 Å². The molecular weight excluding hydrogens is 234 g/mol.